The van der Waals surface area contributed by atoms with Crippen molar-refractivity contribution in [2.24, 2.45) is 7.05 Å². The average molecular weight is 189 g/mol. The topological polar surface area (TPSA) is 30.7 Å². The Balaban J connectivity index is 3.01. The first kappa shape index (κ1) is 9.19. The number of aryl methyl sites for hydroxylation is 3. The van der Waals surface area contributed by atoms with E-state index in [-0.39, 0.29) is 0 Å². The highest BCUT2D eigenvalue weighted by molar-refractivity contribution is 5.83. The maximum atomic E-state index is 4.38. The maximum absolute atomic E-state index is 4.38. The summed E-state index contributed by atoms with van der Waals surface area (Å²) in [5.74, 6) is 0. The second-order valence-electron chi connectivity index (χ2n) is 3.89. The highest BCUT2D eigenvalue weighted by Gasteiger charge is 2.12. The minimum atomic E-state index is 1.04. The molecule has 74 valence electrons. The number of nitrogens with zero attached hydrogens (tertiary/aromatic N) is 3. The van der Waals surface area contributed by atoms with Crippen LogP contribution in [-0.2, 0) is 7.05 Å². The molecule has 1 aromatic heterocycles. The predicted molar refractivity (Wildman–Crippen MR) is 57.5 cm³/mol. The molecule has 2 aromatic rings. The van der Waals surface area contributed by atoms with Gasteiger partial charge in [0, 0.05) is 7.05 Å². The molecular formula is C11H15N3. The molecule has 0 amide bonds. The van der Waals surface area contributed by atoms with Crippen molar-refractivity contribution < 1.29 is 0 Å². The minimum absolute atomic E-state index is 1.04. The number of hydrogen-bond acceptors (Lipinski definition) is 2. The first-order valence-electron chi connectivity index (χ1n) is 4.79. The lowest BCUT2D eigenvalue weighted by Gasteiger charge is -2.07. The SMILES string of the molecule is Cc1c(C)c(C)c2nn(C)nc2c1C. The summed E-state index contributed by atoms with van der Waals surface area (Å²) < 4.78 is 0. The van der Waals surface area contributed by atoms with E-state index < -0.39 is 0 Å². The molecule has 0 fully saturated rings. The lowest BCUT2D eigenvalue weighted by atomic mass is 9.98. The van der Waals surface area contributed by atoms with Crippen LogP contribution in [0.15, 0.2) is 0 Å². The van der Waals surface area contributed by atoms with Gasteiger partial charge in [-0.2, -0.15) is 15.0 Å². The van der Waals surface area contributed by atoms with Crippen LogP contribution in [0.4, 0.5) is 0 Å². The second-order valence-corrected chi connectivity index (χ2v) is 3.89. The second kappa shape index (κ2) is 2.80. The fourth-order valence-electron chi connectivity index (χ4n) is 1.83. The number of benzene rings is 1. The zero-order valence-electron chi connectivity index (χ0n) is 9.34. The Morgan fingerprint density at radius 3 is 1.43 bits per heavy atom. The molecular weight excluding hydrogens is 174 g/mol. The van der Waals surface area contributed by atoms with Gasteiger partial charge in [-0.3, -0.25) is 0 Å². The first-order chi connectivity index (χ1) is 6.52. The van der Waals surface area contributed by atoms with Gasteiger partial charge in [0.25, 0.3) is 0 Å². The van der Waals surface area contributed by atoms with Crippen LogP contribution < -0.4 is 0 Å². The molecule has 0 N–H and O–H groups in total. The molecule has 0 aliphatic carbocycles. The van der Waals surface area contributed by atoms with Crippen molar-refractivity contribution in [1.29, 1.82) is 0 Å². The number of rotatable bonds is 0. The quantitative estimate of drug-likeness (QED) is 0.636. The summed E-state index contributed by atoms with van der Waals surface area (Å²) in [4.78, 5) is 1.64. The van der Waals surface area contributed by atoms with Crippen LogP contribution in [0, 0.1) is 27.7 Å². The molecule has 14 heavy (non-hydrogen) atoms. The molecule has 0 aliphatic heterocycles. The van der Waals surface area contributed by atoms with Crippen LogP contribution in [0.5, 0.6) is 0 Å². The van der Waals surface area contributed by atoms with Gasteiger partial charge in [0.05, 0.1) is 0 Å². The summed E-state index contributed by atoms with van der Waals surface area (Å²) >= 11 is 0. The summed E-state index contributed by atoms with van der Waals surface area (Å²) in [6.07, 6.45) is 0. The molecule has 1 aromatic carbocycles. The Hall–Kier alpha value is -1.38. The van der Waals surface area contributed by atoms with Crippen LogP contribution in [-0.4, -0.2) is 15.0 Å². The monoisotopic (exact) mass is 189 g/mol. The van der Waals surface area contributed by atoms with Gasteiger partial charge >= 0.3 is 0 Å². The summed E-state index contributed by atoms with van der Waals surface area (Å²) in [6.45, 7) is 8.51. The van der Waals surface area contributed by atoms with Crippen molar-refractivity contribution in [2.45, 2.75) is 27.7 Å². The Morgan fingerprint density at radius 2 is 1.07 bits per heavy atom. The highest BCUT2D eigenvalue weighted by atomic mass is 15.4. The van der Waals surface area contributed by atoms with Crippen LogP contribution in [0.2, 0.25) is 0 Å². The molecule has 0 unspecified atom stereocenters. The van der Waals surface area contributed by atoms with Gasteiger partial charge in [-0.05, 0) is 49.9 Å². The third-order valence-corrected chi connectivity index (χ3v) is 3.11. The molecule has 2 rings (SSSR count). The van der Waals surface area contributed by atoms with Crippen molar-refractivity contribution in [3.05, 3.63) is 22.3 Å². The van der Waals surface area contributed by atoms with Crippen molar-refractivity contribution in [1.82, 2.24) is 15.0 Å². The van der Waals surface area contributed by atoms with Crippen LogP contribution in [0.3, 0.4) is 0 Å². The van der Waals surface area contributed by atoms with E-state index in [2.05, 4.69) is 37.9 Å². The van der Waals surface area contributed by atoms with E-state index in [0.29, 0.717) is 0 Å². The average Bonchev–Trinajstić information content (AvgIpc) is 2.54. The fraction of sp³-hybridized carbons (Fsp3) is 0.455. The minimum Gasteiger partial charge on any atom is -0.187 e. The fourth-order valence-corrected chi connectivity index (χ4v) is 1.83. The molecule has 3 nitrogen and oxygen atoms in total. The number of hydrogen-bond donors (Lipinski definition) is 0. The van der Waals surface area contributed by atoms with Gasteiger partial charge in [0.2, 0.25) is 0 Å². The van der Waals surface area contributed by atoms with E-state index in [9.17, 15) is 0 Å². The Labute approximate surface area is 83.7 Å². The lowest BCUT2D eigenvalue weighted by molar-refractivity contribution is 0.664. The van der Waals surface area contributed by atoms with Crippen LogP contribution in [0.1, 0.15) is 22.3 Å². The van der Waals surface area contributed by atoms with Gasteiger partial charge < -0.3 is 0 Å². The summed E-state index contributed by atoms with van der Waals surface area (Å²) in [5.41, 5.74) is 7.22. The third-order valence-electron chi connectivity index (χ3n) is 3.11. The molecule has 1 heterocycles. The van der Waals surface area contributed by atoms with Gasteiger partial charge in [-0.15, -0.1) is 0 Å². The lowest BCUT2D eigenvalue weighted by Crippen LogP contribution is -1.92. The zero-order valence-corrected chi connectivity index (χ0v) is 9.34. The largest absolute Gasteiger partial charge is 0.187 e. The molecule has 0 aliphatic rings. The zero-order chi connectivity index (χ0) is 10.5. The molecule has 0 spiro atoms. The Bertz CT molecular complexity index is 464. The summed E-state index contributed by atoms with van der Waals surface area (Å²) in [6, 6.07) is 0. The predicted octanol–water partition coefficient (Wildman–Crippen LogP) is 2.20. The normalized spacial score (nSPS) is 11.2. The summed E-state index contributed by atoms with van der Waals surface area (Å²) in [5, 5.41) is 8.76. The Kier molecular flexibility index (Phi) is 1.84. The maximum Gasteiger partial charge on any atom is 0.116 e. The smallest absolute Gasteiger partial charge is 0.116 e. The van der Waals surface area contributed by atoms with Crippen molar-refractivity contribution in [3.63, 3.8) is 0 Å². The molecule has 3 heteroatoms. The number of aromatic nitrogens is 3. The van der Waals surface area contributed by atoms with Crippen LogP contribution >= 0.6 is 0 Å². The Morgan fingerprint density at radius 1 is 0.714 bits per heavy atom. The van der Waals surface area contributed by atoms with E-state index >= 15 is 0 Å². The molecule has 0 saturated heterocycles. The van der Waals surface area contributed by atoms with Gasteiger partial charge in [0.1, 0.15) is 11.0 Å². The van der Waals surface area contributed by atoms with Crippen molar-refractivity contribution in [3.8, 4) is 0 Å². The van der Waals surface area contributed by atoms with E-state index in [0.717, 1.165) is 11.0 Å². The van der Waals surface area contributed by atoms with Gasteiger partial charge in [-0.1, -0.05) is 0 Å². The van der Waals surface area contributed by atoms with E-state index in [1.54, 1.807) is 4.80 Å². The molecule has 0 radical (unpaired) electrons. The van der Waals surface area contributed by atoms with Gasteiger partial charge in [-0.25, -0.2) is 0 Å². The van der Waals surface area contributed by atoms with Crippen molar-refractivity contribution in [2.75, 3.05) is 0 Å². The first-order valence-corrected chi connectivity index (χ1v) is 4.79. The van der Waals surface area contributed by atoms with Crippen LogP contribution in [0.25, 0.3) is 11.0 Å². The van der Waals surface area contributed by atoms with E-state index in [1.165, 1.54) is 22.3 Å². The number of fused-ring (bicyclic) bond motifs is 1. The molecule has 0 bridgehead atoms. The van der Waals surface area contributed by atoms with E-state index in [1.807, 2.05) is 7.05 Å². The molecule has 0 saturated carbocycles. The third kappa shape index (κ3) is 1.05. The summed E-state index contributed by atoms with van der Waals surface area (Å²) in [7, 11) is 1.86. The van der Waals surface area contributed by atoms with Crippen molar-refractivity contribution >= 4 is 11.0 Å². The highest BCUT2D eigenvalue weighted by Crippen LogP contribution is 2.25. The van der Waals surface area contributed by atoms with E-state index in [4.69, 9.17) is 0 Å². The molecule has 0 atom stereocenters. The van der Waals surface area contributed by atoms with Gasteiger partial charge in [0.15, 0.2) is 0 Å². The standard InChI is InChI=1S/C11H15N3/c1-6-7(2)9(4)11-10(8(6)3)12-14(5)13-11/h1-5H3.